The number of carbonyl (C=O) groups excluding carboxylic acids is 2. The van der Waals surface area contributed by atoms with Crippen LogP contribution >= 0.6 is 0 Å². The molecule has 1 aliphatic carbocycles. The van der Waals surface area contributed by atoms with Crippen LogP contribution in [0.4, 0.5) is 10.5 Å². The smallest absolute Gasteiger partial charge is 0.414 e. The van der Waals surface area contributed by atoms with E-state index in [-0.39, 0.29) is 18.1 Å². The first-order chi connectivity index (χ1) is 11.5. The van der Waals surface area contributed by atoms with Gasteiger partial charge in [-0.3, -0.25) is 9.69 Å². The van der Waals surface area contributed by atoms with Crippen LogP contribution in [0.1, 0.15) is 50.2 Å². The highest BCUT2D eigenvalue weighted by Crippen LogP contribution is 2.41. The largest absolute Gasteiger partial charge is 0.442 e. The fourth-order valence-electron chi connectivity index (χ4n) is 3.95. The van der Waals surface area contributed by atoms with Crippen molar-refractivity contribution in [3.05, 3.63) is 29.3 Å². The lowest BCUT2D eigenvalue weighted by Crippen LogP contribution is -2.33. The van der Waals surface area contributed by atoms with Crippen LogP contribution in [-0.2, 0) is 9.53 Å². The Kier molecular flexibility index (Phi) is 4.78. The molecule has 0 radical (unpaired) electrons. The summed E-state index contributed by atoms with van der Waals surface area (Å²) in [6.07, 6.45) is 3.22. The number of cyclic esters (lactones) is 1. The third-order valence-electron chi connectivity index (χ3n) is 5.28. The van der Waals surface area contributed by atoms with Crippen molar-refractivity contribution in [2.75, 3.05) is 18.0 Å². The van der Waals surface area contributed by atoms with Crippen molar-refractivity contribution in [3.8, 4) is 0 Å². The van der Waals surface area contributed by atoms with Gasteiger partial charge in [0.05, 0.1) is 13.1 Å². The van der Waals surface area contributed by atoms with Gasteiger partial charge in [-0.1, -0.05) is 25.8 Å². The van der Waals surface area contributed by atoms with Gasteiger partial charge in [0, 0.05) is 12.6 Å². The van der Waals surface area contributed by atoms with Crippen LogP contribution in [0, 0.1) is 12.8 Å². The monoisotopic (exact) mass is 330 g/mol. The average Bonchev–Trinajstić information content (AvgIpc) is 3.11. The number of nitrogens with one attached hydrogen (secondary N) is 1. The molecule has 0 aromatic heterocycles. The summed E-state index contributed by atoms with van der Waals surface area (Å²) in [6, 6.07) is 6.28. The number of ether oxygens (including phenoxy) is 1. The molecule has 1 aromatic rings. The van der Waals surface area contributed by atoms with Crippen molar-refractivity contribution in [2.45, 2.75) is 52.1 Å². The van der Waals surface area contributed by atoms with Gasteiger partial charge in [0.15, 0.2) is 0 Å². The Balaban J connectivity index is 1.72. The zero-order valence-electron chi connectivity index (χ0n) is 14.7. The molecule has 1 saturated heterocycles. The molecule has 1 saturated carbocycles. The molecule has 2 fully saturated rings. The van der Waals surface area contributed by atoms with E-state index in [0.29, 0.717) is 19.0 Å². The quantitative estimate of drug-likeness (QED) is 0.921. The predicted molar refractivity (Wildman–Crippen MR) is 93.2 cm³/mol. The summed E-state index contributed by atoms with van der Waals surface area (Å²) in [4.78, 5) is 24.8. The molecule has 1 heterocycles. The first kappa shape index (κ1) is 16.8. The van der Waals surface area contributed by atoms with Crippen LogP contribution in [0.25, 0.3) is 0 Å². The molecule has 2 amide bonds. The maximum Gasteiger partial charge on any atom is 0.414 e. The Morgan fingerprint density at radius 3 is 2.79 bits per heavy atom. The number of nitrogens with zero attached hydrogens (tertiary/aromatic N) is 1. The minimum absolute atomic E-state index is 0.115. The van der Waals surface area contributed by atoms with Crippen molar-refractivity contribution in [3.63, 3.8) is 0 Å². The third-order valence-corrected chi connectivity index (χ3v) is 5.28. The number of amides is 2. The Labute approximate surface area is 143 Å². The lowest BCUT2D eigenvalue weighted by molar-refractivity contribution is -0.119. The molecule has 2 aliphatic rings. The molecule has 24 heavy (non-hydrogen) atoms. The molecule has 0 bridgehead atoms. The number of anilines is 1. The van der Waals surface area contributed by atoms with Gasteiger partial charge in [-0.2, -0.15) is 0 Å². The molecule has 1 aliphatic heterocycles. The summed E-state index contributed by atoms with van der Waals surface area (Å²) >= 11 is 0. The summed E-state index contributed by atoms with van der Waals surface area (Å²) in [5.41, 5.74) is 3.52. The van der Waals surface area contributed by atoms with Gasteiger partial charge < -0.3 is 10.1 Å². The normalized spacial score (nSPS) is 26.5. The number of hydrogen-bond acceptors (Lipinski definition) is 3. The maximum absolute atomic E-state index is 12.1. The molecule has 5 heteroatoms. The van der Waals surface area contributed by atoms with Crippen molar-refractivity contribution in [1.29, 1.82) is 0 Å². The standard InChI is InChI=1S/C19H26N2O3/c1-12-5-4-6-17(12)18-8-7-15(9-13(18)2)21-11-16(24-19(21)23)10-20-14(3)22/h7-9,12,16-17H,4-6,10-11H2,1-3H3,(H,20,22)/t12?,16-,17?/m0/s1. The van der Waals surface area contributed by atoms with Gasteiger partial charge in [-0.25, -0.2) is 4.79 Å². The van der Waals surface area contributed by atoms with Crippen molar-refractivity contribution >= 4 is 17.7 Å². The van der Waals surface area contributed by atoms with Crippen LogP contribution in [0.15, 0.2) is 18.2 Å². The zero-order chi connectivity index (χ0) is 17.3. The van der Waals surface area contributed by atoms with Crippen LogP contribution in [0.2, 0.25) is 0 Å². The van der Waals surface area contributed by atoms with Gasteiger partial charge in [0.1, 0.15) is 6.10 Å². The molecule has 5 nitrogen and oxygen atoms in total. The molecule has 0 spiro atoms. The van der Waals surface area contributed by atoms with E-state index in [2.05, 4.69) is 31.3 Å². The molecule has 1 N–H and O–H groups in total. The fraction of sp³-hybridized carbons (Fsp3) is 0.579. The molecular weight excluding hydrogens is 304 g/mol. The van der Waals surface area contributed by atoms with Crippen LogP contribution in [-0.4, -0.2) is 31.2 Å². The van der Waals surface area contributed by atoms with Crippen LogP contribution < -0.4 is 10.2 Å². The molecule has 3 atom stereocenters. The van der Waals surface area contributed by atoms with Gasteiger partial charge >= 0.3 is 6.09 Å². The second-order valence-corrected chi connectivity index (χ2v) is 7.11. The van der Waals surface area contributed by atoms with E-state index in [1.165, 1.54) is 37.3 Å². The summed E-state index contributed by atoms with van der Waals surface area (Å²) < 4.78 is 5.34. The fourth-order valence-corrected chi connectivity index (χ4v) is 3.95. The lowest BCUT2D eigenvalue weighted by Gasteiger charge is -2.21. The van der Waals surface area contributed by atoms with E-state index in [1.54, 1.807) is 4.90 Å². The van der Waals surface area contributed by atoms with E-state index >= 15 is 0 Å². The topological polar surface area (TPSA) is 58.6 Å². The second kappa shape index (κ2) is 6.83. The second-order valence-electron chi connectivity index (χ2n) is 7.11. The minimum atomic E-state index is -0.341. The average molecular weight is 330 g/mol. The number of carbonyl (C=O) groups is 2. The van der Waals surface area contributed by atoms with E-state index in [0.717, 1.165) is 11.6 Å². The van der Waals surface area contributed by atoms with E-state index in [9.17, 15) is 9.59 Å². The molecule has 1 aromatic carbocycles. The van der Waals surface area contributed by atoms with Gasteiger partial charge in [-0.15, -0.1) is 0 Å². The summed E-state index contributed by atoms with van der Waals surface area (Å²) in [7, 11) is 0. The van der Waals surface area contributed by atoms with Crippen molar-refractivity contribution in [2.24, 2.45) is 5.92 Å². The highest BCUT2D eigenvalue weighted by molar-refractivity contribution is 5.90. The Hall–Kier alpha value is -2.04. The van der Waals surface area contributed by atoms with Crippen LogP contribution in [0.3, 0.4) is 0 Å². The number of benzene rings is 1. The van der Waals surface area contributed by atoms with Crippen molar-refractivity contribution in [1.82, 2.24) is 5.32 Å². The zero-order valence-corrected chi connectivity index (χ0v) is 14.7. The minimum Gasteiger partial charge on any atom is -0.442 e. The Bertz CT molecular complexity index is 643. The van der Waals surface area contributed by atoms with Gasteiger partial charge in [-0.05, 0) is 48.4 Å². The van der Waals surface area contributed by atoms with E-state index in [4.69, 9.17) is 4.74 Å². The molecule has 3 rings (SSSR count). The third kappa shape index (κ3) is 3.40. The summed E-state index contributed by atoms with van der Waals surface area (Å²) in [5.74, 6) is 1.25. The molecule has 130 valence electrons. The number of rotatable bonds is 4. The first-order valence-electron chi connectivity index (χ1n) is 8.79. The van der Waals surface area contributed by atoms with E-state index < -0.39 is 0 Å². The number of aryl methyl sites for hydroxylation is 1. The lowest BCUT2D eigenvalue weighted by atomic mass is 9.87. The molecule has 2 unspecified atom stereocenters. The highest BCUT2D eigenvalue weighted by Gasteiger charge is 2.33. The summed E-state index contributed by atoms with van der Waals surface area (Å²) in [5, 5.41) is 2.70. The van der Waals surface area contributed by atoms with Crippen molar-refractivity contribution < 1.29 is 14.3 Å². The Morgan fingerprint density at radius 1 is 1.38 bits per heavy atom. The summed E-state index contributed by atoms with van der Waals surface area (Å²) in [6.45, 7) is 6.74. The number of hydrogen-bond donors (Lipinski definition) is 1. The van der Waals surface area contributed by atoms with Crippen LogP contribution in [0.5, 0.6) is 0 Å². The molecular formula is C19H26N2O3. The SMILES string of the molecule is CC(=O)NC[C@H]1CN(c2ccc(C3CCCC3C)c(C)c2)C(=O)O1. The Morgan fingerprint density at radius 2 is 2.17 bits per heavy atom. The highest BCUT2D eigenvalue weighted by atomic mass is 16.6. The maximum atomic E-state index is 12.1. The first-order valence-corrected chi connectivity index (χ1v) is 8.79. The van der Waals surface area contributed by atoms with Gasteiger partial charge in [0.25, 0.3) is 0 Å². The predicted octanol–water partition coefficient (Wildman–Crippen LogP) is 3.36. The van der Waals surface area contributed by atoms with Gasteiger partial charge in [0.2, 0.25) is 5.91 Å². The van der Waals surface area contributed by atoms with E-state index in [1.807, 2.05) is 6.07 Å².